The maximum absolute atomic E-state index is 12.4. The molecular formula is C22H24Cl2N4O3S. The molecule has 7 nitrogen and oxygen atoms in total. The van der Waals surface area contributed by atoms with Crippen LogP contribution < -0.4 is 14.8 Å². The summed E-state index contributed by atoms with van der Waals surface area (Å²) in [6.07, 6.45) is 1.42. The number of hydrogen-bond acceptors (Lipinski definition) is 6. The van der Waals surface area contributed by atoms with E-state index in [1.54, 1.807) is 18.2 Å². The molecule has 0 unspecified atom stereocenters. The van der Waals surface area contributed by atoms with E-state index >= 15 is 0 Å². The first-order valence-corrected chi connectivity index (χ1v) is 11.8. The van der Waals surface area contributed by atoms with Crippen LogP contribution in [-0.4, -0.2) is 39.6 Å². The van der Waals surface area contributed by atoms with Gasteiger partial charge in [0, 0.05) is 18.5 Å². The number of benzene rings is 2. The minimum absolute atomic E-state index is 0.139. The summed E-state index contributed by atoms with van der Waals surface area (Å²) in [4.78, 5) is 12.4. The van der Waals surface area contributed by atoms with Gasteiger partial charge in [-0.25, -0.2) is 0 Å². The van der Waals surface area contributed by atoms with Crippen LogP contribution in [0.1, 0.15) is 19.2 Å². The van der Waals surface area contributed by atoms with Crippen LogP contribution in [0.15, 0.2) is 47.6 Å². The summed E-state index contributed by atoms with van der Waals surface area (Å²) in [6, 6.07) is 12.5. The predicted octanol–water partition coefficient (Wildman–Crippen LogP) is 5.26. The summed E-state index contributed by atoms with van der Waals surface area (Å²) < 4.78 is 13.1. The van der Waals surface area contributed by atoms with E-state index in [9.17, 15) is 4.79 Å². The number of nitrogens with one attached hydrogen (secondary N) is 1. The molecule has 1 heterocycles. The average molecular weight is 495 g/mol. The van der Waals surface area contributed by atoms with Gasteiger partial charge in [-0.1, -0.05) is 47.1 Å². The summed E-state index contributed by atoms with van der Waals surface area (Å²) in [5.41, 5.74) is 0.652. The van der Waals surface area contributed by atoms with Crippen LogP contribution in [0.4, 0.5) is 5.69 Å². The van der Waals surface area contributed by atoms with E-state index in [0.29, 0.717) is 52.0 Å². The smallest absolute Gasteiger partial charge is 0.234 e. The number of halogens is 2. The first-order valence-electron chi connectivity index (χ1n) is 10.1. The molecule has 3 aromatic rings. The Morgan fingerprint density at radius 2 is 1.94 bits per heavy atom. The molecule has 1 aromatic heterocycles. The SMILES string of the molecule is CCOc1ccccc1NC(=O)CSc1nnc(CCCOc2ccc(Cl)cc2Cl)n1C. The number of nitrogens with zero attached hydrogens (tertiary/aromatic N) is 3. The van der Waals surface area contributed by atoms with Gasteiger partial charge in [0.05, 0.1) is 29.7 Å². The average Bonchev–Trinajstić information content (AvgIpc) is 3.12. The molecule has 2 aromatic carbocycles. The molecule has 3 rings (SSSR count). The monoisotopic (exact) mass is 494 g/mol. The highest BCUT2D eigenvalue weighted by Crippen LogP contribution is 2.28. The van der Waals surface area contributed by atoms with Gasteiger partial charge in [0.2, 0.25) is 5.91 Å². The highest BCUT2D eigenvalue weighted by atomic mass is 35.5. The number of rotatable bonds is 11. The van der Waals surface area contributed by atoms with Gasteiger partial charge in [0.15, 0.2) is 5.16 Å². The molecule has 170 valence electrons. The standard InChI is InChI=1S/C22H24Cl2N4O3S/c1-3-30-19-8-5-4-7-17(19)25-21(29)14-32-22-27-26-20(28(22)2)9-6-12-31-18-11-10-15(23)13-16(18)24/h4-5,7-8,10-11,13H,3,6,9,12,14H2,1-2H3,(H,25,29). The van der Waals surface area contributed by atoms with Crippen molar-refractivity contribution in [2.45, 2.75) is 24.9 Å². The van der Waals surface area contributed by atoms with Crippen LogP contribution in [0, 0.1) is 0 Å². The van der Waals surface area contributed by atoms with E-state index in [2.05, 4.69) is 15.5 Å². The van der Waals surface area contributed by atoms with E-state index < -0.39 is 0 Å². The van der Waals surface area contributed by atoms with E-state index in [1.165, 1.54) is 11.8 Å². The Hall–Kier alpha value is -2.42. The number of amides is 1. The van der Waals surface area contributed by atoms with Gasteiger partial charge in [-0.15, -0.1) is 10.2 Å². The number of carbonyl (C=O) groups is 1. The minimum atomic E-state index is -0.139. The summed E-state index contributed by atoms with van der Waals surface area (Å²) in [5.74, 6) is 2.14. The van der Waals surface area contributed by atoms with Crippen LogP contribution >= 0.6 is 35.0 Å². The first-order chi connectivity index (χ1) is 15.5. The molecule has 0 atom stereocenters. The van der Waals surface area contributed by atoms with Gasteiger partial charge in [0.1, 0.15) is 17.3 Å². The molecular weight excluding hydrogens is 471 g/mol. The molecule has 0 bridgehead atoms. The van der Waals surface area contributed by atoms with Gasteiger partial charge >= 0.3 is 0 Å². The van der Waals surface area contributed by atoms with Crippen molar-refractivity contribution < 1.29 is 14.3 Å². The second-order valence-corrected chi connectivity index (χ2v) is 8.54. The van der Waals surface area contributed by atoms with Crippen molar-refractivity contribution in [1.82, 2.24) is 14.8 Å². The van der Waals surface area contributed by atoms with Crippen molar-refractivity contribution in [1.29, 1.82) is 0 Å². The highest BCUT2D eigenvalue weighted by molar-refractivity contribution is 7.99. The number of hydrogen-bond donors (Lipinski definition) is 1. The quantitative estimate of drug-likeness (QED) is 0.289. The van der Waals surface area contributed by atoms with E-state index in [4.69, 9.17) is 32.7 Å². The molecule has 0 radical (unpaired) electrons. The van der Waals surface area contributed by atoms with Crippen molar-refractivity contribution in [2.75, 3.05) is 24.3 Å². The number of aryl methyl sites for hydroxylation is 1. The molecule has 0 aliphatic carbocycles. The third-order valence-electron chi connectivity index (χ3n) is 4.41. The molecule has 0 aliphatic rings. The zero-order valence-electron chi connectivity index (χ0n) is 17.8. The Kier molecular flexibility index (Phi) is 9.08. The lowest BCUT2D eigenvalue weighted by atomic mass is 10.3. The summed E-state index contributed by atoms with van der Waals surface area (Å²) in [6.45, 7) is 2.92. The lowest BCUT2D eigenvalue weighted by molar-refractivity contribution is -0.113. The number of aromatic nitrogens is 3. The summed E-state index contributed by atoms with van der Waals surface area (Å²) >= 11 is 13.3. The van der Waals surface area contributed by atoms with Crippen molar-refractivity contribution in [2.24, 2.45) is 7.05 Å². The maximum atomic E-state index is 12.4. The molecule has 0 saturated carbocycles. The fourth-order valence-corrected chi connectivity index (χ4v) is 4.05. The zero-order chi connectivity index (χ0) is 22.9. The van der Waals surface area contributed by atoms with Crippen molar-refractivity contribution in [3.05, 3.63) is 58.3 Å². The second-order valence-electron chi connectivity index (χ2n) is 6.75. The highest BCUT2D eigenvalue weighted by Gasteiger charge is 2.13. The molecule has 0 spiro atoms. The Bertz CT molecular complexity index is 1060. The number of carbonyl (C=O) groups excluding carboxylic acids is 1. The molecule has 0 fully saturated rings. The van der Waals surface area contributed by atoms with Crippen LogP contribution in [0.3, 0.4) is 0 Å². The molecule has 0 aliphatic heterocycles. The lowest BCUT2D eigenvalue weighted by Gasteiger charge is -2.11. The molecule has 1 N–H and O–H groups in total. The van der Waals surface area contributed by atoms with Crippen molar-refractivity contribution in [3.63, 3.8) is 0 Å². The van der Waals surface area contributed by atoms with Gasteiger partial charge in [-0.05, 0) is 43.7 Å². The fraction of sp³-hybridized carbons (Fsp3) is 0.318. The largest absolute Gasteiger partial charge is 0.492 e. The van der Waals surface area contributed by atoms with Crippen molar-refractivity contribution >= 4 is 46.6 Å². The van der Waals surface area contributed by atoms with Crippen molar-refractivity contribution in [3.8, 4) is 11.5 Å². The second kappa shape index (κ2) is 12.0. The zero-order valence-corrected chi connectivity index (χ0v) is 20.1. The Morgan fingerprint density at radius 1 is 1.12 bits per heavy atom. The Balaban J connectivity index is 1.46. The Morgan fingerprint density at radius 3 is 2.72 bits per heavy atom. The normalized spacial score (nSPS) is 10.8. The number of ether oxygens (including phenoxy) is 2. The molecule has 1 amide bonds. The third-order valence-corrected chi connectivity index (χ3v) is 5.97. The van der Waals surface area contributed by atoms with Crippen LogP contribution in [-0.2, 0) is 18.3 Å². The lowest BCUT2D eigenvalue weighted by Crippen LogP contribution is -2.15. The first kappa shape index (κ1) is 24.2. The number of anilines is 1. The minimum Gasteiger partial charge on any atom is -0.492 e. The Labute approximate surface area is 201 Å². The van der Waals surface area contributed by atoms with Crippen LogP contribution in [0.25, 0.3) is 0 Å². The van der Waals surface area contributed by atoms with Gasteiger partial charge in [-0.3, -0.25) is 4.79 Å². The van der Waals surface area contributed by atoms with E-state index in [1.807, 2.05) is 42.8 Å². The maximum Gasteiger partial charge on any atom is 0.234 e. The molecule has 32 heavy (non-hydrogen) atoms. The van der Waals surface area contributed by atoms with E-state index in [-0.39, 0.29) is 11.7 Å². The summed E-state index contributed by atoms with van der Waals surface area (Å²) in [5, 5.41) is 13.0. The van der Waals surface area contributed by atoms with Gasteiger partial charge in [-0.2, -0.15) is 0 Å². The molecule has 0 saturated heterocycles. The predicted molar refractivity (Wildman–Crippen MR) is 128 cm³/mol. The fourth-order valence-electron chi connectivity index (χ4n) is 2.86. The van der Waals surface area contributed by atoms with E-state index in [0.717, 1.165) is 12.2 Å². The third kappa shape index (κ3) is 6.79. The topological polar surface area (TPSA) is 78.3 Å². The number of thioether (sulfide) groups is 1. The molecule has 10 heteroatoms. The van der Waals surface area contributed by atoms with Crippen LogP contribution in [0.2, 0.25) is 10.0 Å². The van der Waals surface area contributed by atoms with Gasteiger partial charge in [0.25, 0.3) is 0 Å². The summed E-state index contributed by atoms with van der Waals surface area (Å²) in [7, 11) is 1.89. The number of para-hydroxylation sites is 2. The van der Waals surface area contributed by atoms with Crippen LogP contribution in [0.5, 0.6) is 11.5 Å². The van der Waals surface area contributed by atoms with Gasteiger partial charge < -0.3 is 19.4 Å².